The molecule has 2 heterocycles. The summed E-state index contributed by atoms with van der Waals surface area (Å²) < 4.78 is 0. The first-order valence-corrected chi connectivity index (χ1v) is 3.72. The third-order valence-corrected chi connectivity index (χ3v) is 2.11. The minimum absolute atomic E-state index is 0.491. The van der Waals surface area contributed by atoms with E-state index in [-0.39, 0.29) is 0 Å². The normalized spacial score (nSPS) is 30.3. The molecule has 2 rings (SSSR count). The third kappa shape index (κ3) is 0.762. The Morgan fingerprint density at radius 1 is 1.70 bits per heavy atom. The van der Waals surface area contributed by atoms with E-state index < -0.39 is 0 Å². The first kappa shape index (κ1) is 5.98. The highest BCUT2D eigenvalue weighted by Gasteiger charge is 2.23. The Balaban J connectivity index is 2.24. The smallest absolute Gasteiger partial charge is 0.101 e. The lowest BCUT2D eigenvalue weighted by molar-refractivity contribution is 0.366. The summed E-state index contributed by atoms with van der Waals surface area (Å²) in [4.78, 5) is 2.33. The van der Waals surface area contributed by atoms with E-state index in [4.69, 9.17) is 0 Å². The fraction of sp³-hybridized carbons (Fsp3) is 0.500. The van der Waals surface area contributed by atoms with Gasteiger partial charge in [-0.15, -0.1) is 0 Å². The van der Waals surface area contributed by atoms with E-state index in [0.717, 1.165) is 13.1 Å². The maximum atomic E-state index is 3.41. The summed E-state index contributed by atoms with van der Waals surface area (Å²) in [7, 11) is 0. The van der Waals surface area contributed by atoms with Gasteiger partial charge in [0.1, 0.15) is 6.17 Å². The minimum Gasteiger partial charge on any atom is -0.357 e. The zero-order chi connectivity index (χ0) is 6.97. The fourth-order valence-electron chi connectivity index (χ4n) is 1.56. The highest BCUT2D eigenvalue weighted by molar-refractivity contribution is 5.22. The molecule has 1 N–H and O–H groups in total. The zero-order valence-corrected chi connectivity index (χ0v) is 6.17. The Morgan fingerprint density at radius 3 is 3.40 bits per heavy atom. The van der Waals surface area contributed by atoms with Gasteiger partial charge in [-0.25, -0.2) is 0 Å². The molecule has 0 aromatic carbocycles. The van der Waals surface area contributed by atoms with Crippen molar-refractivity contribution in [3.8, 4) is 0 Å². The highest BCUT2D eigenvalue weighted by atomic mass is 15.3. The summed E-state index contributed by atoms with van der Waals surface area (Å²) in [5.74, 6) is 0. The van der Waals surface area contributed by atoms with Gasteiger partial charge in [0.15, 0.2) is 0 Å². The van der Waals surface area contributed by atoms with E-state index in [9.17, 15) is 0 Å². The largest absolute Gasteiger partial charge is 0.357 e. The van der Waals surface area contributed by atoms with Crippen LogP contribution in [0.3, 0.4) is 0 Å². The average Bonchev–Trinajstić information content (AvgIpc) is 2.36. The van der Waals surface area contributed by atoms with E-state index in [1.165, 1.54) is 5.57 Å². The van der Waals surface area contributed by atoms with Crippen LogP contribution in [-0.2, 0) is 0 Å². The lowest BCUT2D eigenvalue weighted by Crippen LogP contribution is -2.34. The predicted octanol–water partition coefficient (Wildman–Crippen LogP) is 0.691. The second-order valence-corrected chi connectivity index (χ2v) is 2.85. The molecule has 1 fully saturated rings. The molecule has 0 saturated carbocycles. The Morgan fingerprint density at radius 2 is 2.60 bits per heavy atom. The first-order valence-electron chi connectivity index (χ1n) is 3.72. The van der Waals surface area contributed by atoms with Crippen molar-refractivity contribution in [2.75, 3.05) is 13.1 Å². The molecule has 54 valence electrons. The van der Waals surface area contributed by atoms with Crippen LogP contribution in [0, 0.1) is 0 Å². The molecule has 0 aliphatic carbocycles. The number of nitrogens with one attached hydrogen (secondary N) is 1. The van der Waals surface area contributed by atoms with Gasteiger partial charge in [-0.3, -0.25) is 5.32 Å². The summed E-state index contributed by atoms with van der Waals surface area (Å²) in [6, 6.07) is 0. The summed E-state index contributed by atoms with van der Waals surface area (Å²) in [5, 5.41) is 3.41. The standard InChI is InChI=1S/C8H12N2/c1-7-3-2-5-10-6-4-9-8(7)10/h2-3,5,8-9H,4,6H2,1H3. The maximum absolute atomic E-state index is 3.41. The Kier molecular flexibility index (Phi) is 1.27. The van der Waals surface area contributed by atoms with Gasteiger partial charge in [0.2, 0.25) is 0 Å². The summed E-state index contributed by atoms with van der Waals surface area (Å²) in [6.07, 6.45) is 6.92. The van der Waals surface area contributed by atoms with Crippen LogP contribution in [0.15, 0.2) is 23.9 Å². The fourth-order valence-corrected chi connectivity index (χ4v) is 1.56. The van der Waals surface area contributed by atoms with Crippen molar-refractivity contribution in [3.05, 3.63) is 23.9 Å². The molecule has 1 atom stereocenters. The Bertz CT molecular complexity index is 193. The van der Waals surface area contributed by atoms with Crippen molar-refractivity contribution < 1.29 is 0 Å². The molecule has 10 heavy (non-hydrogen) atoms. The van der Waals surface area contributed by atoms with Gasteiger partial charge in [-0.05, 0) is 18.6 Å². The second kappa shape index (κ2) is 2.13. The van der Waals surface area contributed by atoms with Crippen LogP contribution in [0.5, 0.6) is 0 Å². The number of hydrogen-bond donors (Lipinski definition) is 1. The van der Waals surface area contributed by atoms with Crippen LogP contribution < -0.4 is 5.32 Å². The molecule has 0 spiro atoms. The number of hydrogen-bond acceptors (Lipinski definition) is 2. The van der Waals surface area contributed by atoms with Crippen molar-refractivity contribution in [3.63, 3.8) is 0 Å². The zero-order valence-electron chi connectivity index (χ0n) is 6.17. The number of allylic oxidation sites excluding steroid dienone is 2. The van der Waals surface area contributed by atoms with Crippen LogP contribution in [0.1, 0.15) is 6.92 Å². The number of rotatable bonds is 0. The van der Waals surface area contributed by atoms with Crippen molar-refractivity contribution in [1.29, 1.82) is 0 Å². The number of fused-ring (bicyclic) bond motifs is 1. The molecule has 2 nitrogen and oxygen atoms in total. The van der Waals surface area contributed by atoms with Gasteiger partial charge >= 0.3 is 0 Å². The molecule has 0 aromatic heterocycles. The molecule has 2 aliphatic rings. The molecule has 0 aromatic rings. The van der Waals surface area contributed by atoms with Gasteiger partial charge in [0.05, 0.1) is 0 Å². The van der Waals surface area contributed by atoms with E-state index in [1.807, 2.05) is 0 Å². The Labute approximate surface area is 61.2 Å². The maximum Gasteiger partial charge on any atom is 0.101 e. The van der Waals surface area contributed by atoms with Crippen LogP contribution in [0.25, 0.3) is 0 Å². The molecule has 0 amide bonds. The van der Waals surface area contributed by atoms with Gasteiger partial charge in [-0.1, -0.05) is 6.08 Å². The summed E-state index contributed by atoms with van der Waals surface area (Å²) in [6.45, 7) is 4.42. The average molecular weight is 136 g/mol. The van der Waals surface area contributed by atoms with Crippen molar-refractivity contribution >= 4 is 0 Å². The Hall–Kier alpha value is -0.760. The minimum atomic E-state index is 0.491. The van der Waals surface area contributed by atoms with Crippen molar-refractivity contribution in [1.82, 2.24) is 10.2 Å². The molecular weight excluding hydrogens is 124 g/mol. The van der Waals surface area contributed by atoms with Crippen LogP contribution in [0.2, 0.25) is 0 Å². The lowest BCUT2D eigenvalue weighted by Gasteiger charge is -2.25. The molecule has 1 saturated heterocycles. The van der Waals surface area contributed by atoms with E-state index in [2.05, 4.69) is 35.5 Å². The molecule has 2 heteroatoms. The predicted molar refractivity (Wildman–Crippen MR) is 41.4 cm³/mol. The quantitative estimate of drug-likeness (QED) is 0.527. The molecule has 0 bridgehead atoms. The van der Waals surface area contributed by atoms with Gasteiger partial charge in [-0.2, -0.15) is 0 Å². The van der Waals surface area contributed by atoms with Crippen LogP contribution >= 0.6 is 0 Å². The van der Waals surface area contributed by atoms with Gasteiger partial charge in [0.25, 0.3) is 0 Å². The molecule has 1 unspecified atom stereocenters. The lowest BCUT2D eigenvalue weighted by atomic mass is 10.2. The van der Waals surface area contributed by atoms with E-state index >= 15 is 0 Å². The monoisotopic (exact) mass is 136 g/mol. The van der Waals surface area contributed by atoms with Crippen LogP contribution in [0.4, 0.5) is 0 Å². The summed E-state index contributed by atoms with van der Waals surface area (Å²) in [5.41, 5.74) is 1.42. The SMILES string of the molecule is CC1=CC=CN2CCNC12. The summed E-state index contributed by atoms with van der Waals surface area (Å²) >= 11 is 0. The van der Waals surface area contributed by atoms with E-state index in [0.29, 0.717) is 6.17 Å². The molecule has 2 aliphatic heterocycles. The van der Waals surface area contributed by atoms with Crippen LogP contribution in [-0.4, -0.2) is 24.2 Å². The molecular formula is C8H12N2. The second-order valence-electron chi connectivity index (χ2n) is 2.85. The van der Waals surface area contributed by atoms with Crippen molar-refractivity contribution in [2.24, 2.45) is 0 Å². The number of nitrogens with zero attached hydrogens (tertiary/aromatic N) is 1. The first-order chi connectivity index (χ1) is 4.88. The third-order valence-electron chi connectivity index (χ3n) is 2.11. The van der Waals surface area contributed by atoms with Crippen molar-refractivity contribution in [2.45, 2.75) is 13.1 Å². The van der Waals surface area contributed by atoms with Gasteiger partial charge in [0, 0.05) is 19.3 Å². The van der Waals surface area contributed by atoms with Gasteiger partial charge < -0.3 is 4.90 Å². The van der Waals surface area contributed by atoms with E-state index in [1.54, 1.807) is 0 Å². The topological polar surface area (TPSA) is 15.3 Å². The molecule has 0 radical (unpaired) electrons. The highest BCUT2D eigenvalue weighted by Crippen LogP contribution is 2.16.